The van der Waals surface area contributed by atoms with Crippen LogP contribution in [0.3, 0.4) is 0 Å². The van der Waals surface area contributed by atoms with Gasteiger partial charge in [0, 0.05) is 50.0 Å². The smallest absolute Gasteiger partial charge is 0.337 e. The molecule has 0 bridgehead atoms. The molecule has 0 spiro atoms. The molecule has 0 aliphatic carbocycles. The summed E-state index contributed by atoms with van der Waals surface area (Å²) in [6.45, 7) is 8.45. The van der Waals surface area contributed by atoms with Gasteiger partial charge in [0.2, 0.25) is 0 Å². The van der Waals surface area contributed by atoms with Gasteiger partial charge in [0.1, 0.15) is 0 Å². The number of carboxylic acids is 1. The van der Waals surface area contributed by atoms with Gasteiger partial charge in [-0.05, 0) is 69.9 Å². The lowest BCUT2D eigenvalue weighted by Gasteiger charge is -2.16. The quantitative estimate of drug-likeness (QED) is 0.675. The van der Waals surface area contributed by atoms with E-state index in [0.717, 1.165) is 45.4 Å². The van der Waals surface area contributed by atoms with Crippen molar-refractivity contribution in [2.24, 2.45) is 9.98 Å². The molecule has 0 unspecified atom stereocenters. The highest BCUT2D eigenvalue weighted by Gasteiger charge is 2.15. The third kappa shape index (κ3) is 5.34. The molecule has 0 radical (unpaired) electrons. The second-order valence-corrected chi connectivity index (χ2v) is 7.25. The molecule has 2 aliphatic heterocycles. The summed E-state index contributed by atoms with van der Waals surface area (Å²) in [6.07, 6.45) is 11.9. The summed E-state index contributed by atoms with van der Waals surface area (Å²) in [4.78, 5) is 25.2. The molecule has 1 N–H and O–H groups in total. The summed E-state index contributed by atoms with van der Waals surface area (Å²) in [7, 11) is 0. The van der Waals surface area contributed by atoms with E-state index in [0.29, 0.717) is 11.4 Å². The Kier molecular flexibility index (Phi) is 7.22. The molecule has 2 aliphatic rings. The molecule has 2 heterocycles. The first-order valence-electron chi connectivity index (χ1n) is 10.5. The van der Waals surface area contributed by atoms with Crippen molar-refractivity contribution in [1.82, 2.24) is 9.80 Å². The number of hydrogen-bond acceptors (Lipinski definition) is 5. The molecule has 0 saturated carbocycles. The number of aliphatic imine (C=N–C) groups is 2. The molecule has 0 aromatic heterocycles. The van der Waals surface area contributed by atoms with Gasteiger partial charge in [0.15, 0.2) is 0 Å². The van der Waals surface area contributed by atoms with Crippen molar-refractivity contribution in [2.75, 3.05) is 26.2 Å². The molecule has 2 fully saturated rings. The molecule has 0 amide bonds. The fourth-order valence-electron chi connectivity index (χ4n) is 3.91. The van der Waals surface area contributed by atoms with Gasteiger partial charge < -0.3 is 14.9 Å². The predicted molar refractivity (Wildman–Crippen MR) is 119 cm³/mol. The van der Waals surface area contributed by atoms with Crippen molar-refractivity contribution in [1.29, 1.82) is 0 Å². The molecule has 2 saturated heterocycles. The van der Waals surface area contributed by atoms with Crippen molar-refractivity contribution in [3.05, 3.63) is 47.3 Å². The molecule has 29 heavy (non-hydrogen) atoms. The largest absolute Gasteiger partial charge is 0.478 e. The Balaban J connectivity index is 1.74. The molecule has 1 aromatic rings. The number of allylic oxidation sites excluding steroid dienone is 4. The van der Waals surface area contributed by atoms with E-state index in [-0.39, 0.29) is 5.56 Å². The highest BCUT2D eigenvalue weighted by atomic mass is 16.4. The number of aromatic carboxylic acids is 1. The first-order valence-corrected chi connectivity index (χ1v) is 10.5. The summed E-state index contributed by atoms with van der Waals surface area (Å²) in [6, 6.07) is 5.11. The molecule has 1 aromatic carbocycles. The van der Waals surface area contributed by atoms with Crippen LogP contribution in [0.25, 0.3) is 0 Å². The molecular weight excluding hydrogens is 364 g/mol. The van der Waals surface area contributed by atoms with Crippen LogP contribution in [-0.4, -0.2) is 59.5 Å². The summed E-state index contributed by atoms with van der Waals surface area (Å²) in [5.41, 5.74) is 3.77. The Labute approximate surface area is 173 Å². The lowest BCUT2D eigenvalue weighted by molar-refractivity contribution is 0.0698. The molecule has 154 valence electrons. The van der Waals surface area contributed by atoms with Gasteiger partial charge in [-0.15, -0.1) is 0 Å². The lowest BCUT2D eigenvalue weighted by atomic mass is 10.1. The number of carbonyl (C=O) groups is 1. The van der Waals surface area contributed by atoms with E-state index in [1.807, 2.05) is 12.2 Å². The van der Waals surface area contributed by atoms with Crippen LogP contribution in [0.15, 0.2) is 51.7 Å². The Hall–Kier alpha value is -2.89. The van der Waals surface area contributed by atoms with Gasteiger partial charge in [0.05, 0.1) is 16.9 Å². The van der Waals surface area contributed by atoms with Crippen LogP contribution < -0.4 is 0 Å². The first kappa shape index (κ1) is 20.8. The van der Waals surface area contributed by atoms with Crippen LogP contribution in [0.1, 0.15) is 49.9 Å². The molecule has 3 rings (SSSR count). The number of benzene rings is 1. The number of nitrogens with zero attached hydrogens (tertiary/aromatic N) is 4. The average Bonchev–Trinajstić information content (AvgIpc) is 3.37. The standard InChI is InChI=1S/C23H30N4O2/c1-3-26-15-5-7-19(26)11-13-24-18-9-10-22(21(17-18)23(28)29)25-14-12-20-8-6-16-27(20)4-2/h9-14,17H,3-8,15-16H2,1-2H3,(H,28,29)/b19-11-,20-12-,24-13?,25-14?. The van der Waals surface area contributed by atoms with Crippen LogP contribution in [0.2, 0.25) is 0 Å². The third-order valence-corrected chi connectivity index (χ3v) is 5.48. The molecule has 6 heteroatoms. The third-order valence-electron chi connectivity index (χ3n) is 5.48. The van der Waals surface area contributed by atoms with E-state index in [9.17, 15) is 9.90 Å². The van der Waals surface area contributed by atoms with Gasteiger partial charge in [-0.2, -0.15) is 0 Å². The maximum absolute atomic E-state index is 11.7. The van der Waals surface area contributed by atoms with Crippen molar-refractivity contribution in [3.63, 3.8) is 0 Å². The Morgan fingerprint density at radius 3 is 2.14 bits per heavy atom. The fraction of sp³-hybridized carbons (Fsp3) is 0.435. The molecule has 0 atom stereocenters. The Morgan fingerprint density at radius 2 is 1.59 bits per heavy atom. The summed E-state index contributed by atoms with van der Waals surface area (Å²) >= 11 is 0. The van der Waals surface area contributed by atoms with E-state index < -0.39 is 5.97 Å². The second kappa shape index (κ2) is 10.0. The summed E-state index contributed by atoms with van der Waals surface area (Å²) in [5.74, 6) is -0.996. The minimum Gasteiger partial charge on any atom is -0.478 e. The van der Waals surface area contributed by atoms with Gasteiger partial charge in [-0.25, -0.2) is 4.79 Å². The number of carboxylic acid groups (broad SMARTS) is 1. The number of likely N-dealkylation sites (tertiary alicyclic amines) is 2. The monoisotopic (exact) mass is 394 g/mol. The predicted octanol–water partition coefficient (Wildman–Crippen LogP) is 4.79. The SMILES string of the molecule is CCN1CCC/C1=C/C=Nc1ccc(N=C/C=C2/CCCN2CC)c(C(=O)O)c1. The highest BCUT2D eigenvalue weighted by molar-refractivity contribution is 5.96. The van der Waals surface area contributed by atoms with Crippen LogP contribution in [-0.2, 0) is 0 Å². The van der Waals surface area contributed by atoms with Crippen LogP contribution in [0.5, 0.6) is 0 Å². The van der Waals surface area contributed by atoms with Gasteiger partial charge in [0.25, 0.3) is 0 Å². The van der Waals surface area contributed by atoms with Gasteiger partial charge in [-0.3, -0.25) is 9.98 Å². The molecule has 6 nitrogen and oxygen atoms in total. The summed E-state index contributed by atoms with van der Waals surface area (Å²) < 4.78 is 0. The van der Waals surface area contributed by atoms with Crippen LogP contribution in [0, 0.1) is 0 Å². The van der Waals surface area contributed by atoms with Crippen molar-refractivity contribution >= 4 is 29.8 Å². The topological polar surface area (TPSA) is 68.5 Å². The maximum atomic E-state index is 11.7. The van der Waals surface area contributed by atoms with Crippen LogP contribution >= 0.6 is 0 Å². The maximum Gasteiger partial charge on any atom is 0.337 e. The normalized spacial score (nSPS) is 20.2. The zero-order valence-electron chi connectivity index (χ0n) is 17.3. The van der Waals surface area contributed by atoms with E-state index >= 15 is 0 Å². The van der Waals surface area contributed by atoms with Crippen LogP contribution in [0.4, 0.5) is 11.4 Å². The first-order chi connectivity index (χ1) is 14.1. The minimum atomic E-state index is -0.996. The Bertz CT molecular complexity index is 854. The van der Waals surface area contributed by atoms with Crippen molar-refractivity contribution < 1.29 is 9.90 Å². The minimum absolute atomic E-state index is 0.164. The Morgan fingerprint density at radius 1 is 1.00 bits per heavy atom. The van der Waals surface area contributed by atoms with E-state index in [2.05, 4.69) is 33.6 Å². The lowest BCUT2D eigenvalue weighted by Crippen LogP contribution is -2.16. The van der Waals surface area contributed by atoms with E-state index in [4.69, 9.17) is 0 Å². The van der Waals surface area contributed by atoms with Gasteiger partial charge in [-0.1, -0.05) is 0 Å². The molecular formula is C23H30N4O2. The number of rotatable bonds is 7. The van der Waals surface area contributed by atoms with Gasteiger partial charge >= 0.3 is 5.97 Å². The van der Waals surface area contributed by atoms with E-state index in [1.54, 1.807) is 30.6 Å². The van der Waals surface area contributed by atoms with Crippen molar-refractivity contribution in [3.8, 4) is 0 Å². The highest BCUT2D eigenvalue weighted by Crippen LogP contribution is 2.26. The summed E-state index contributed by atoms with van der Waals surface area (Å²) in [5, 5.41) is 9.58. The van der Waals surface area contributed by atoms with E-state index in [1.165, 1.54) is 17.8 Å². The second-order valence-electron chi connectivity index (χ2n) is 7.25. The fourth-order valence-corrected chi connectivity index (χ4v) is 3.91. The van der Waals surface area contributed by atoms with Crippen molar-refractivity contribution in [2.45, 2.75) is 39.5 Å². The zero-order chi connectivity index (χ0) is 20.6. The number of hydrogen-bond donors (Lipinski definition) is 1. The average molecular weight is 395 g/mol. The zero-order valence-corrected chi connectivity index (χ0v) is 17.3.